The maximum atomic E-state index is 12.1. The highest BCUT2D eigenvalue weighted by Gasteiger charge is 2.31. The van der Waals surface area contributed by atoms with Gasteiger partial charge >= 0.3 is 0 Å². The van der Waals surface area contributed by atoms with Gasteiger partial charge in [-0.2, -0.15) is 0 Å². The molecular weight excluding hydrogens is 254 g/mol. The molecule has 1 fully saturated rings. The number of hydrogen-bond donors (Lipinski definition) is 0. The molecule has 1 amide bonds. The first-order valence-corrected chi connectivity index (χ1v) is 7.20. The van der Waals surface area contributed by atoms with E-state index in [0.29, 0.717) is 0 Å². The van der Waals surface area contributed by atoms with Crippen LogP contribution >= 0.6 is 23.4 Å². The van der Waals surface area contributed by atoms with Gasteiger partial charge in [-0.15, -0.1) is 11.8 Å². The molecule has 0 radical (unpaired) electrons. The van der Waals surface area contributed by atoms with Crippen LogP contribution in [0.15, 0.2) is 24.3 Å². The molecule has 1 aliphatic heterocycles. The Balaban J connectivity index is 2.23. The molecule has 0 saturated carbocycles. The number of benzene rings is 1. The molecular formula is C13H16ClNOS. The van der Waals surface area contributed by atoms with E-state index >= 15 is 0 Å². The lowest BCUT2D eigenvalue weighted by Gasteiger charge is -2.25. The van der Waals surface area contributed by atoms with E-state index in [1.165, 1.54) is 0 Å². The monoisotopic (exact) mass is 269 g/mol. The zero-order valence-corrected chi connectivity index (χ0v) is 11.6. The average Bonchev–Trinajstić information content (AvgIpc) is 2.76. The molecule has 0 N–H and O–H groups in total. The first-order valence-electron chi connectivity index (χ1n) is 5.77. The van der Waals surface area contributed by atoms with Crippen molar-refractivity contribution in [2.75, 3.05) is 12.3 Å². The third kappa shape index (κ3) is 2.78. The molecule has 2 nitrogen and oxygen atoms in total. The molecule has 4 heteroatoms. The number of amides is 1. The topological polar surface area (TPSA) is 20.3 Å². The summed E-state index contributed by atoms with van der Waals surface area (Å²) in [5.41, 5.74) is 1.12. The molecule has 1 aromatic carbocycles. The van der Waals surface area contributed by atoms with Crippen LogP contribution in [0.3, 0.4) is 0 Å². The molecule has 2 rings (SSSR count). The number of nitrogens with zero attached hydrogens (tertiary/aromatic N) is 1. The van der Waals surface area contributed by atoms with Crippen molar-refractivity contribution in [3.8, 4) is 0 Å². The number of carbonyl (C=O) groups excluding carboxylic acids is 1. The molecule has 1 atom stereocenters. The summed E-state index contributed by atoms with van der Waals surface area (Å²) in [7, 11) is 0. The Bertz CT molecular complexity index is 422. The third-order valence-electron chi connectivity index (χ3n) is 2.80. The van der Waals surface area contributed by atoms with E-state index in [4.69, 9.17) is 11.6 Å². The van der Waals surface area contributed by atoms with Gasteiger partial charge in [0.2, 0.25) is 5.91 Å². The van der Waals surface area contributed by atoms with Crippen molar-refractivity contribution in [2.24, 2.45) is 5.92 Å². The summed E-state index contributed by atoms with van der Waals surface area (Å²) in [6, 6.07) is 7.79. The Hall–Kier alpha value is -0.670. The lowest BCUT2D eigenvalue weighted by Crippen LogP contribution is -2.33. The molecule has 17 heavy (non-hydrogen) atoms. The van der Waals surface area contributed by atoms with Crippen molar-refractivity contribution in [1.29, 1.82) is 0 Å². The van der Waals surface area contributed by atoms with Gasteiger partial charge in [-0.25, -0.2) is 0 Å². The van der Waals surface area contributed by atoms with Crippen LogP contribution in [0.1, 0.15) is 24.8 Å². The van der Waals surface area contributed by atoms with Gasteiger partial charge in [0.1, 0.15) is 5.37 Å². The first-order chi connectivity index (χ1) is 8.09. The number of halogens is 1. The minimum absolute atomic E-state index is 0.0513. The molecule has 1 aliphatic rings. The molecule has 1 saturated heterocycles. The Labute approximate surface area is 111 Å². The van der Waals surface area contributed by atoms with E-state index in [9.17, 15) is 4.79 Å². The predicted molar refractivity (Wildman–Crippen MR) is 73.2 cm³/mol. The highest BCUT2D eigenvalue weighted by atomic mass is 35.5. The summed E-state index contributed by atoms with van der Waals surface area (Å²) in [5.74, 6) is 1.27. The fraction of sp³-hybridized carbons (Fsp3) is 0.462. The molecule has 92 valence electrons. The normalized spacial score (nSPS) is 20.0. The first kappa shape index (κ1) is 12.8. The van der Waals surface area contributed by atoms with Crippen molar-refractivity contribution in [3.63, 3.8) is 0 Å². The Morgan fingerprint density at radius 2 is 2.29 bits per heavy atom. The van der Waals surface area contributed by atoms with E-state index in [2.05, 4.69) is 0 Å². The van der Waals surface area contributed by atoms with Gasteiger partial charge < -0.3 is 4.90 Å². The standard InChI is InChI=1S/C13H16ClNOS/c1-9(2)12(16)15-6-7-17-13(15)10-4-3-5-11(14)8-10/h3-5,8-9,13H,6-7H2,1-2H3/t13-/m1/s1. The quantitative estimate of drug-likeness (QED) is 0.818. The van der Waals surface area contributed by atoms with Gasteiger partial charge in [-0.05, 0) is 17.7 Å². The van der Waals surface area contributed by atoms with Crippen molar-refractivity contribution < 1.29 is 4.79 Å². The fourth-order valence-corrected chi connectivity index (χ4v) is 3.42. The van der Waals surface area contributed by atoms with Gasteiger partial charge in [0.25, 0.3) is 0 Å². The van der Waals surface area contributed by atoms with Gasteiger partial charge in [0.05, 0.1) is 0 Å². The van der Waals surface area contributed by atoms with Gasteiger partial charge in [-0.3, -0.25) is 4.79 Å². The van der Waals surface area contributed by atoms with Crippen LogP contribution in [0.4, 0.5) is 0 Å². The number of hydrogen-bond acceptors (Lipinski definition) is 2. The third-order valence-corrected chi connectivity index (χ3v) is 4.30. The van der Waals surface area contributed by atoms with E-state index in [-0.39, 0.29) is 17.2 Å². The molecule has 0 bridgehead atoms. The maximum Gasteiger partial charge on any atom is 0.226 e. The largest absolute Gasteiger partial charge is 0.326 e. The summed E-state index contributed by atoms with van der Waals surface area (Å²) in [4.78, 5) is 14.1. The summed E-state index contributed by atoms with van der Waals surface area (Å²) in [5, 5.41) is 0.857. The molecule has 1 aromatic rings. The Kier molecular flexibility index (Phi) is 4.00. The van der Waals surface area contributed by atoms with Crippen LogP contribution in [-0.2, 0) is 4.79 Å². The van der Waals surface area contributed by atoms with Gasteiger partial charge in [0.15, 0.2) is 0 Å². The highest BCUT2D eigenvalue weighted by Crippen LogP contribution is 2.39. The number of thioether (sulfide) groups is 1. The van der Waals surface area contributed by atoms with Crippen LogP contribution in [0, 0.1) is 5.92 Å². The smallest absolute Gasteiger partial charge is 0.226 e. The predicted octanol–water partition coefficient (Wildman–Crippen LogP) is 3.57. The molecule has 0 unspecified atom stereocenters. The van der Waals surface area contributed by atoms with Crippen molar-refractivity contribution >= 4 is 29.3 Å². The number of rotatable bonds is 2. The second-order valence-corrected chi connectivity index (χ2v) is 6.09. The van der Waals surface area contributed by atoms with E-state index < -0.39 is 0 Å². The zero-order chi connectivity index (χ0) is 12.4. The Morgan fingerprint density at radius 3 is 2.94 bits per heavy atom. The molecule has 0 aromatic heterocycles. The van der Waals surface area contributed by atoms with Crippen molar-refractivity contribution in [1.82, 2.24) is 4.90 Å². The Morgan fingerprint density at radius 1 is 1.53 bits per heavy atom. The second-order valence-electron chi connectivity index (χ2n) is 4.46. The summed E-state index contributed by atoms with van der Waals surface area (Å²) in [6.45, 7) is 4.72. The van der Waals surface area contributed by atoms with Crippen LogP contribution in [0.2, 0.25) is 5.02 Å². The summed E-state index contributed by atoms with van der Waals surface area (Å²) >= 11 is 7.80. The van der Waals surface area contributed by atoms with E-state index in [1.54, 1.807) is 11.8 Å². The lowest BCUT2D eigenvalue weighted by atomic mass is 10.1. The van der Waals surface area contributed by atoms with Crippen LogP contribution in [-0.4, -0.2) is 23.1 Å². The molecule has 0 aliphatic carbocycles. The van der Waals surface area contributed by atoms with Crippen LogP contribution < -0.4 is 0 Å². The minimum atomic E-state index is 0.0513. The highest BCUT2D eigenvalue weighted by molar-refractivity contribution is 7.99. The second kappa shape index (κ2) is 5.32. The minimum Gasteiger partial charge on any atom is -0.326 e. The van der Waals surface area contributed by atoms with E-state index in [0.717, 1.165) is 22.9 Å². The van der Waals surface area contributed by atoms with E-state index in [1.807, 2.05) is 43.0 Å². The van der Waals surface area contributed by atoms with Crippen LogP contribution in [0.25, 0.3) is 0 Å². The van der Waals surface area contributed by atoms with Gasteiger partial charge in [0, 0.05) is 23.2 Å². The van der Waals surface area contributed by atoms with Crippen molar-refractivity contribution in [3.05, 3.63) is 34.9 Å². The van der Waals surface area contributed by atoms with Gasteiger partial charge in [-0.1, -0.05) is 37.6 Å². The molecule has 0 spiro atoms. The van der Waals surface area contributed by atoms with Crippen LogP contribution in [0.5, 0.6) is 0 Å². The SMILES string of the molecule is CC(C)C(=O)N1CCS[C@@H]1c1cccc(Cl)c1. The lowest BCUT2D eigenvalue weighted by molar-refractivity contribution is -0.134. The number of carbonyl (C=O) groups is 1. The molecule has 1 heterocycles. The maximum absolute atomic E-state index is 12.1. The fourth-order valence-electron chi connectivity index (χ4n) is 1.96. The van der Waals surface area contributed by atoms with Crippen molar-refractivity contribution in [2.45, 2.75) is 19.2 Å². The zero-order valence-electron chi connectivity index (χ0n) is 10.0. The summed E-state index contributed by atoms with van der Waals surface area (Å²) in [6.07, 6.45) is 0. The average molecular weight is 270 g/mol. The summed E-state index contributed by atoms with van der Waals surface area (Å²) < 4.78 is 0.